The van der Waals surface area contributed by atoms with Crippen LogP contribution in [0, 0.1) is 0 Å². The van der Waals surface area contributed by atoms with Gasteiger partial charge in [0.25, 0.3) is 6.71 Å². The van der Waals surface area contributed by atoms with Gasteiger partial charge in [-0.1, -0.05) is 141 Å². The molecule has 6 aromatic carbocycles. The average Bonchev–Trinajstić information content (AvgIpc) is 3.67. The van der Waals surface area contributed by atoms with Crippen LogP contribution in [-0.4, -0.2) is 11.3 Å². The van der Waals surface area contributed by atoms with Gasteiger partial charge >= 0.3 is 0 Å². The van der Waals surface area contributed by atoms with Gasteiger partial charge in [-0.25, -0.2) is 0 Å². The molecule has 10 rings (SSSR count). The molecule has 3 nitrogen and oxygen atoms in total. The lowest BCUT2D eigenvalue weighted by Crippen LogP contribution is -2.56. The third-order valence-electron chi connectivity index (χ3n) is 13.0. The van der Waals surface area contributed by atoms with Crippen molar-refractivity contribution in [2.75, 3.05) is 9.80 Å². The molecule has 0 fully saturated rings. The van der Waals surface area contributed by atoms with Crippen LogP contribution < -0.4 is 20.7 Å². The maximum atomic E-state index is 2.63. The summed E-state index contributed by atoms with van der Waals surface area (Å²) in [5.74, 6) is 0.921. The van der Waals surface area contributed by atoms with E-state index < -0.39 is 0 Å². The van der Waals surface area contributed by atoms with Gasteiger partial charge in [-0.2, -0.15) is 0 Å². The van der Waals surface area contributed by atoms with Crippen LogP contribution >= 0.6 is 0 Å². The standard InChI is InChI=1S/C53H52BN3/c1-33(2)35-22-27-39(28-23-35)55-44-20-15-21-45-48(44)54(42-31-26-37(32-46(42)55)52(5,6)7)49-50-47(41-18-13-14-19-43(41)56(50)38-16-11-10-12-17-38)53(8,9)51(49)57(45)40-29-24-36(25-30-40)34(3)4/h10-34H,1-9H3. The maximum absolute atomic E-state index is 2.63. The summed E-state index contributed by atoms with van der Waals surface area (Å²) in [6.45, 7) is 21.1. The van der Waals surface area contributed by atoms with Gasteiger partial charge < -0.3 is 14.4 Å². The number of hydrogen-bond donors (Lipinski definition) is 0. The van der Waals surface area contributed by atoms with Crippen LogP contribution in [-0.2, 0) is 10.8 Å². The summed E-state index contributed by atoms with van der Waals surface area (Å²) in [5.41, 5.74) is 20.6. The normalized spacial score (nSPS) is 15.4. The SMILES string of the molecule is CC(C)c1ccc(N2C3=C(B4c5ccc(C(C)(C)C)cc5N(c5ccc(C(C)C)cc5)c5cccc2c54)c2c(c4ccccc4n2-c2ccccc2)C3(C)C)cc1. The minimum atomic E-state index is -0.315. The molecule has 3 aliphatic rings. The molecule has 0 bridgehead atoms. The Balaban J connectivity index is 1.35. The zero-order valence-electron chi connectivity index (χ0n) is 34.9. The van der Waals surface area contributed by atoms with E-state index in [9.17, 15) is 0 Å². The maximum Gasteiger partial charge on any atom is 0.254 e. The minimum absolute atomic E-state index is 0.0114. The Bertz CT molecular complexity index is 2740. The van der Waals surface area contributed by atoms with Crippen LogP contribution in [0.1, 0.15) is 102 Å². The summed E-state index contributed by atoms with van der Waals surface area (Å²) >= 11 is 0. The van der Waals surface area contributed by atoms with Gasteiger partial charge in [0.1, 0.15) is 0 Å². The lowest BCUT2D eigenvalue weighted by molar-refractivity contribution is 0.590. The van der Waals surface area contributed by atoms with Crippen molar-refractivity contribution < 1.29 is 0 Å². The topological polar surface area (TPSA) is 11.4 Å². The summed E-state index contributed by atoms with van der Waals surface area (Å²) in [5, 5.41) is 1.32. The summed E-state index contributed by atoms with van der Waals surface area (Å²) in [6, 6.07) is 53.2. The number of nitrogens with zero attached hydrogens (tertiary/aromatic N) is 3. The lowest BCUT2D eigenvalue weighted by atomic mass is 9.32. The molecule has 0 saturated heterocycles. The Labute approximate surface area is 339 Å². The molecule has 1 aromatic heterocycles. The van der Waals surface area contributed by atoms with E-state index in [1.165, 1.54) is 95.1 Å². The van der Waals surface area contributed by atoms with Gasteiger partial charge in [0, 0.05) is 56.3 Å². The highest BCUT2D eigenvalue weighted by molar-refractivity contribution is 7.03. The molecule has 7 aromatic rings. The third kappa shape index (κ3) is 5.19. The molecule has 0 amide bonds. The first kappa shape index (κ1) is 35.7. The van der Waals surface area contributed by atoms with E-state index in [0.717, 1.165) is 0 Å². The number of hydrogen-bond acceptors (Lipinski definition) is 2. The zero-order chi connectivity index (χ0) is 39.5. The molecule has 3 heterocycles. The van der Waals surface area contributed by atoms with Crippen molar-refractivity contribution in [1.82, 2.24) is 4.57 Å². The predicted molar refractivity (Wildman–Crippen MR) is 245 cm³/mol. The highest BCUT2D eigenvalue weighted by Gasteiger charge is 2.54. The molecule has 1 aliphatic carbocycles. The van der Waals surface area contributed by atoms with Gasteiger partial charge in [0.2, 0.25) is 0 Å². The Morgan fingerprint density at radius 2 is 1.14 bits per heavy atom. The zero-order valence-corrected chi connectivity index (χ0v) is 34.9. The first-order valence-corrected chi connectivity index (χ1v) is 20.9. The number of fused-ring (bicyclic) bond motifs is 7. The molecule has 57 heavy (non-hydrogen) atoms. The number of aromatic nitrogens is 1. The summed E-state index contributed by atoms with van der Waals surface area (Å²) in [4.78, 5) is 5.19. The summed E-state index contributed by atoms with van der Waals surface area (Å²) in [7, 11) is 0. The molecule has 0 atom stereocenters. The number of benzene rings is 6. The molecular weight excluding hydrogens is 689 g/mol. The van der Waals surface area contributed by atoms with Crippen molar-refractivity contribution in [2.45, 2.75) is 85.0 Å². The predicted octanol–water partition coefficient (Wildman–Crippen LogP) is 13.0. The molecule has 0 radical (unpaired) electrons. The Morgan fingerprint density at radius 3 is 1.75 bits per heavy atom. The van der Waals surface area contributed by atoms with Crippen molar-refractivity contribution in [1.29, 1.82) is 0 Å². The highest BCUT2D eigenvalue weighted by Crippen LogP contribution is 2.58. The van der Waals surface area contributed by atoms with E-state index in [-0.39, 0.29) is 17.5 Å². The van der Waals surface area contributed by atoms with E-state index in [1.54, 1.807) is 0 Å². The van der Waals surface area contributed by atoms with Crippen LogP contribution in [0.2, 0.25) is 0 Å². The molecule has 0 spiro atoms. The number of rotatable bonds is 5. The highest BCUT2D eigenvalue weighted by atomic mass is 15.2. The molecule has 4 heteroatoms. The minimum Gasteiger partial charge on any atom is -0.314 e. The largest absolute Gasteiger partial charge is 0.314 e. The molecular formula is C53H52BN3. The lowest BCUT2D eigenvalue weighted by Gasteiger charge is -2.46. The van der Waals surface area contributed by atoms with Crippen molar-refractivity contribution in [3.8, 4) is 5.69 Å². The second-order valence-corrected chi connectivity index (χ2v) is 18.6. The van der Waals surface area contributed by atoms with Gasteiger partial charge in [0.05, 0.1) is 5.52 Å². The van der Waals surface area contributed by atoms with Crippen molar-refractivity contribution in [2.24, 2.45) is 0 Å². The van der Waals surface area contributed by atoms with Crippen molar-refractivity contribution in [3.05, 3.63) is 173 Å². The number of allylic oxidation sites excluding steroid dienone is 1. The van der Waals surface area contributed by atoms with E-state index in [2.05, 4.69) is 216 Å². The summed E-state index contributed by atoms with van der Waals surface area (Å²) in [6.07, 6.45) is 0. The molecule has 2 aliphatic heterocycles. The second kappa shape index (κ2) is 12.6. The van der Waals surface area contributed by atoms with E-state index in [0.29, 0.717) is 11.8 Å². The van der Waals surface area contributed by atoms with Gasteiger partial charge in [-0.05, 0) is 117 Å². The molecule has 0 saturated carbocycles. The smallest absolute Gasteiger partial charge is 0.254 e. The number of anilines is 5. The van der Waals surface area contributed by atoms with Crippen LogP contribution in [0.15, 0.2) is 145 Å². The van der Waals surface area contributed by atoms with Gasteiger partial charge in [-0.15, -0.1) is 0 Å². The van der Waals surface area contributed by atoms with Crippen LogP contribution in [0.3, 0.4) is 0 Å². The van der Waals surface area contributed by atoms with Gasteiger partial charge in [-0.3, -0.25) is 0 Å². The molecule has 282 valence electrons. The van der Waals surface area contributed by atoms with E-state index in [4.69, 9.17) is 0 Å². The van der Waals surface area contributed by atoms with E-state index in [1.807, 2.05) is 0 Å². The van der Waals surface area contributed by atoms with Crippen LogP contribution in [0.4, 0.5) is 28.4 Å². The number of para-hydroxylation sites is 2. The average molecular weight is 742 g/mol. The fourth-order valence-electron chi connectivity index (χ4n) is 10.2. The second-order valence-electron chi connectivity index (χ2n) is 18.6. The first-order valence-electron chi connectivity index (χ1n) is 20.9. The van der Waals surface area contributed by atoms with Crippen LogP contribution in [0.25, 0.3) is 22.1 Å². The fraction of sp³-hybridized carbons (Fsp3) is 0.245. The van der Waals surface area contributed by atoms with E-state index >= 15 is 0 Å². The summed E-state index contributed by atoms with van der Waals surface area (Å²) < 4.78 is 2.57. The monoisotopic (exact) mass is 741 g/mol. The molecule has 0 unspecified atom stereocenters. The molecule has 0 N–H and O–H groups in total. The van der Waals surface area contributed by atoms with Crippen molar-refractivity contribution in [3.63, 3.8) is 0 Å². The Morgan fingerprint density at radius 1 is 0.561 bits per heavy atom. The fourth-order valence-corrected chi connectivity index (χ4v) is 10.2. The first-order chi connectivity index (χ1) is 27.4. The third-order valence-corrected chi connectivity index (χ3v) is 13.0. The van der Waals surface area contributed by atoms with Crippen molar-refractivity contribution >= 4 is 62.5 Å². The Hall–Kier alpha value is -5.74. The quantitative estimate of drug-likeness (QED) is 0.163. The Kier molecular flexibility index (Phi) is 7.90. The van der Waals surface area contributed by atoms with Gasteiger partial charge in [0.15, 0.2) is 0 Å². The van der Waals surface area contributed by atoms with Crippen LogP contribution in [0.5, 0.6) is 0 Å².